The Morgan fingerprint density at radius 1 is 1.42 bits per heavy atom. The molecule has 0 spiro atoms. The second kappa shape index (κ2) is 6.63. The number of hydrogen-bond donors (Lipinski definition) is 1. The highest BCUT2D eigenvalue weighted by Gasteiger charge is 2.15. The van der Waals surface area contributed by atoms with Gasteiger partial charge in [0.05, 0.1) is 11.5 Å². The molecule has 1 aromatic rings. The van der Waals surface area contributed by atoms with Gasteiger partial charge < -0.3 is 10.1 Å². The summed E-state index contributed by atoms with van der Waals surface area (Å²) in [6.45, 7) is 5.09. The Kier molecular flexibility index (Phi) is 4.87. The third-order valence-corrected chi connectivity index (χ3v) is 3.68. The highest BCUT2D eigenvalue weighted by Crippen LogP contribution is 2.22. The fourth-order valence-corrected chi connectivity index (χ4v) is 2.41. The zero-order valence-corrected chi connectivity index (χ0v) is 11.2. The van der Waals surface area contributed by atoms with Gasteiger partial charge in [-0.05, 0) is 44.3 Å². The van der Waals surface area contributed by atoms with Crippen molar-refractivity contribution < 1.29 is 9.66 Å². The van der Waals surface area contributed by atoms with Crippen LogP contribution in [0, 0.1) is 23.0 Å². The number of ether oxygens (including phenoxy) is 1. The van der Waals surface area contributed by atoms with Gasteiger partial charge in [-0.25, -0.2) is 0 Å². The molecule has 1 aliphatic heterocycles. The number of hydrogen-bond acceptors (Lipinski definition) is 4. The molecule has 0 bridgehead atoms. The highest BCUT2D eigenvalue weighted by molar-refractivity contribution is 5.44. The molecule has 1 aliphatic rings. The molecule has 0 saturated carbocycles. The van der Waals surface area contributed by atoms with Crippen molar-refractivity contribution in [3.05, 3.63) is 39.4 Å². The third kappa shape index (κ3) is 3.75. The molecule has 2 rings (SSSR count). The number of benzene rings is 1. The molecule has 1 saturated heterocycles. The van der Waals surface area contributed by atoms with Gasteiger partial charge in [-0.3, -0.25) is 10.1 Å². The van der Waals surface area contributed by atoms with E-state index in [0.29, 0.717) is 18.1 Å². The minimum absolute atomic E-state index is 0.169. The van der Waals surface area contributed by atoms with Crippen molar-refractivity contribution in [3.8, 4) is 0 Å². The summed E-state index contributed by atoms with van der Waals surface area (Å²) in [7, 11) is 0. The Balaban J connectivity index is 1.88. The number of piperidine rings is 1. The van der Waals surface area contributed by atoms with Crippen molar-refractivity contribution in [1.29, 1.82) is 0 Å². The van der Waals surface area contributed by atoms with E-state index in [-0.39, 0.29) is 10.6 Å². The summed E-state index contributed by atoms with van der Waals surface area (Å²) < 4.78 is 5.72. The lowest BCUT2D eigenvalue weighted by molar-refractivity contribution is -0.385. The average Bonchev–Trinajstić information content (AvgIpc) is 2.41. The molecule has 0 aliphatic carbocycles. The molecule has 0 aromatic heterocycles. The van der Waals surface area contributed by atoms with Gasteiger partial charge in [0, 0.05) is 18.2 Å². The Bertz CT molecular complexity index is 442. The first-order valence-electron chi connectivity index (χ1n) is 6.70. The lowest BCUT2D eigenvalue weighted by atomic mass is 9.99. The molecular formula is C14H20N2O3. The van der Waals surface area contributed by atoms with Gasteiger partial charge >= 0.3 is 0 Å². The van der Waals surface area contributed by atoms with Crippen LogP contribution >= 0.6 is 0 Å². The van der Waals surface area contributed by atoms with Crippen molar-refractivity contribution in [2.24, 2.45) is 5.92 Å². The standard InChI is InChI=1S/C14H20N2O3/c1-11-13(3-2-4-14(11)16(17)18)10-19-9-12-5-7-15-8-6-12/h2-4,12,15H,5-10H2,1H3. The van der Waals surface area contributed by atoms with E-state index in [1.54, 1.807) is 13.0 Å². The summed E-state index contributed by atoms with van der Waals surface area (Å²) >= 11 is 0. The van der Waals surface area contributed by atoms with E-state index in [1.807, 2.05) is 6.07 Å². The molecule has 0 unspecified atom stereocenters. The average molecular weight is 264 g/mol. The molecule has 1 fully saturated rings. The minimum atomic E-state index is -0.342. The van der Waals surface area contributed by atoms with Gasteiger partial charge in [0.25, 0.3) is 5.69 Å². The van der Waals surface area contributed by atoms with Gasteiger partial charge in [-0.2, -0.15) is 0 Å². The largest absolute Gasteiger partial charge is 0.376 e. The van der Waals surface area contributed by atoms with E-state index in [9.17, 15) is 10.1 Å². The predicted molar refractivity (Wildman–Crippen MR) is 73.1 cm³/mol. The van der Waals surface area contributed by atoms with Crippen LogP contribution in [0.25, 0.3) is 0 Å². The van der Waals surface area contributed by atoms with Crippen LogP contribution in [-0.4, -0.2) is 24.6 Å². The van der Waals surface area contributed by atoms with E-state index >= 15 is 0 Å². The fraction of sp³-hybridized carbons (Fsp3) is 0.571. The molecule has 5 nitrogen and oxygen atoms in total. The summed E-state index contributed by atoms with van der Waals surface area (Å²) in [5.74, 6) is 0.611. The number of rotatable bonds is 5. The SMILES string of the molecule is Cc1c(COCC2CCNCC2)cccc1[N+](=O)[O-]. The van der Waals surface area contributed by atoms with Crippen molar-refractivity contribution >= 4 is 5.69 Å². The van der Waals surface area contributed by atoms with E-state index < -0.39 is 0 Å². The van der Waals surface area contributed by atoms with Crippen molar-refractivity contribution in [1.82, 2.24) is 5.32 Å². The van der Waals surface area contributed by atoms with Crippen molar-refractivity contribution in [2.75, 3.05) is 19.7 Å². The molecule has 104 valence electrons. The fourth-order valence-electron chi connectivity index (χ4n) is 2.41. The molecule has 0 atom stereocenters. The maximum absolute atomic E-state index is 10.9. The van der Waals surface area contributed by atoms with Crippen LogP contribution in [0.2, 0.25) is 0 Å². The molecule has 19 heavy (non-hydrogen) atoms. The molecule has 5 heteroatoms. The third-order valence-electron chi connectivity index (χ3n) is 3.68. The maximum Gasteiger partial charge on any atom is 0.272 e. The first kappa shape index (κ1) is 14.0. The van der Waals surface area contributed by atoms with Crippen LogP contribution in [0.4, 0.5) is 5.69 Å². The summed E-state index contributed by atoms with van der Waals surface area (Å²) in [4.78, 5) is 10.5. The second-order valence-electron chi connectivity index (χ2n) is 5.03. The normalized spacial score (nSPS) is 16.5. The first-order valence-corrected chi connectivity index (χ1v) is 6.70. The van der Waals surface area contributed by atoms with Crippen molar-refractivity contribution in [3.63, 3.8) is 0 Å². The van der Waals surface area contributed by atoms with Gasteiger partial charge in [-0.15, -0.1) is 0 Å². The topological polar surface area (TPSA) is 64.4 Å². The monoisotopic (exact) mass is 264 g/mol. The molecule has 1 aromatic carbocycles. The summed E-state index contributed by atoms with van der Waals surface area (Å²) in [6.07, 6.45) is 2.29. The number of nitro groups is 1. The Labute approximate surface area is 113 Å². The van der Waals surface area contributed by atoms with Crippen LogP contribution < -0.4 is 5.32 Å². The Hall–Kier alpha value is -1.46. The maximum atomic E-state index is 10.9. The first-order chi connectivity index (χ1) is 9.18. The van der Waals surface area contributed by atoms with E-state index in [2.05, 4.69) is 5.32 Å². The van der Waals surface area contributed by atoms with Crippen LogP contribution in [-0.2, 0) is 11.3 Å². The van der Waals surface area contributed by atoms with Gasteiger partial charge in [-0.1, -0.05) is 12.1 Å². The Morgan fingerprint density at radius 2 is 2.16 bits per heavy atom. The highest BCUT2D eigenvalue weighted by atomic mass is 16.6. The molecule has 1 N–H and O–H groups in total. The Morgan fingerprint density at radius 3 is 2.84 bits per heavy atom. The van der Waals surface area contributed by atoms with Gasteiger partial charge in [0.2, 0.25) is 0 Å². The number of nitro benzene ring substituents is 1. The lowest BCUT2D eigenvalue weighted by Crippen LogP contribution is -2.29. The second-order valence-corrected chi connectivity index (χ2v) is 5.03. The summed E-state index contributed by atoms with van der Waals surface area (Å²) in [5.41, 5.74) is 1.78. The lowest BCUT2D eigenvalue weighted by Gasteiger charge is -2.22. The molecule has 0 amide bonds. The van der Waals surface area contributed by atoms with Gasteiger partial charge in [0.1, 0.15) is 0 Å². The zero-order valence-electron chi connectivity index (χ0n) is 11.2. The predicted octanol–water partition coefficient (Wildman–Crippen LogP) is 2.42. The van der Waals surface area contributed by atoms with E-state index in [0.717, 1.165) is 38.1 Å². The van der Waals surface area contributed by atoms with Gasteiger partial charge in [0.15, 0.2) is 0 Å². The van der Waals surface area contributed by atoms with Crippen LogP contribution in [0.15, 0.2) is 18.2 Å². The number of nitrogens with zero attached hydrogens (tertiary/aromatic N) is 1. The quantitative estimate of drug-likeness (QED) is 0.655. The van der Waals surface area contributed by atoms with Crippen LogP contribution in [0.1, 0.15) is 24.0 Å². The molecular weight excluding hydrogens is 244 g/mol. The van der Waals surface area contributed by atoms with Crippen molar-refractivity contribution in [2.45, 2.75) is 26.4 Å². The zero-order chi connectivity index (χ0) is 13.7. The molecule has 0 radical (unpaired) electrons. The smallest absolute Gasteiger partial charge is 0.272 e. The number of nitrogens with one attached hydrogen (secondary N) is 1. The van der Waals surface area contributed by atoms with E-state index in [1.165, 1.54) is 6.07 Å². The van der Waals surface area contributed by atoms with Crippen LogP contribution in [0.5, 0.6) is 0 Å². The summed E-state index contributed by atoms with van der Waals surface area (Å²) in [6, 6.07) is 5.14. The molecule has 1 heterocycles. The van der Waals surface area contributed by atoms with E-state index in [4.69, 9.17) is 4.74 Å². The van der Waals surface area contributed by atoms with Crippen LogP contribution in [0.3, 0.4) is 0 Å². The summed E-state index contributed by atoms with van der Waals surface area (Å²) in [5, 5.41) is 14.2. The minimum Gasteiger partial charge on any atom is -0.376 e.